The van der Waals surface area contributed by atoms with Crippen LogP contribution in [0.3, 0.4) is 0 Å². The van der Waals surface area contributed by atoms with E-state index in [-0.39, 0.29) is 5.79 Å². The van der Waals surface area contributed by atoms with Crippen molar-refractivity contribution in [3.63, 3.8) is 0 Å². The van der Waals surface area contributed by atoms with Gasteiger partial charge in [-0.25, -0.2) is 0 Å². The lowest BCUT2D eigenvalue weighted by atomic mass is 9.87. The molecule has 0 saturated carbocycles. The van der Waals surface area contributed by atoms with Crippen LogP contribution in [0.4, 0.5) is 0 Å². The molecule has 14 heavy (non-hydrogen) atoms. The number of rotatable bonds is 0. The van der Waals surface area contributed by atoms with Crippen molar-refractivity contribution in [1.29, 1.82) is 0 Å². The average Bonchev–Trinajstić information content (AvgIpc) is 1.99. The van der Waals surface area contributed by atoms with Crippen molar-refractivity contribution in [1.82, 2.24) is 0 Å². The Balaban J connectivity index is 2.05. The van der Waals surface area contributed by atoms with Crippen molar-refractivity contribution in [3.8, 4) is 0 Å². The van der Waals surface area contributed by atoms with Gasteiger partial charge in [-0.2, -0.15) is 0 Å². The third-order valence-corrected chi connectivity index (χ3v) is 3.39. The normalized spacial score (nSPS) is 49.5. The molecule has 0 N–H and O–H groups in total. The Kier molecular flexibility index (Phi) is 2.85. The van der Waals surface area contributed by atoms with Gasteiger partial charge in [0.2, 0.25) is 0 Å². The van der Waals surface area contributed by atoms with Crippen molar-refractivity contribution >= 4 is 0 Å². The van der Waals surface area contributed by atoms with Gasteiger partial charge in [0.1, 0.15) is 0 Å². The highest BCUT2D eigenvalue weighted by molar-refractivity contribution is 4.84. The second-order valence-corrected chi connectivity index (χ2v) is 5.20. The standard InChI is InChI=1S/C12H22O2/c1-9-7-11(3)14-12(8-9)6-4-5-10(2)13-12/h9-11H,4-8H2,1-3H3/t9-,10-,11+,12-/m1/s1. The Hall–Kier alpha value is -0.0800. The van der Waals surface area contributed by atoms with E-state index in [0.29, 0.717) is 12.2 Å². The summed E-state index contributed by atoms with van der Waals surface area (Å²) in [5, 5.41) is 0. The van der Waals surface area contributed by atoms with E-state index in [0.717, 1.165) is 18.8 Å². The first-order valence-electron chi connectivity index (χ1n) is 5.95. The lowest BCUT2D eigenvalue weighted by Crippen LogP contribution is -2.48. The van der Waals surface area contributed by atoms with Gasteiger partial charge < -0.3 is 9.47 Å². The molecular formula is C12H22O2. The van der Waals surface area contributed by atoms with Gasteiger partial charge in [0.05, 0.1) is 12.2 Å². The minimum absolute atomic E-state index is 0.227. The molecule has 0 aromatic heterocycles. The van der Waals surface area contributed by atoms with E-state index in [4.69, 9.17) is 9.47 Å². The predicted octanol–water partition coefficient (Wildman–Crippen LogP) is 3.11. The fourth-order valence-corrected chi connectivity index (χ4v) is 3.02. The smallest absolute Gasteiger partial charge is 0.169 e. The highest BCUT2D eigenvalue weighted by Crippen LogP contribution is 2.40. The SMILES string of the molecule is C[C@@H]1C[C@H](C)O[C@]2(CCC[C@@H](C)O2)C1. The van der Waals surface area contributed by atoms with Crippen LogP contribution in [0.5, 0.6) is 0 Å². The second kappa shape index (κ2) is 3.82. The Morgan fingerprint density at radius 3 is 2.43 bits per heavy atom. The highest BCUT2D eigenvalue weighted by atomic mass is 16.7. The zero-order chi connectivity index (χ0) is 10.2. The number of ether oxygens (including phenoxy) is 2. The number of hydrogen-bond donors (Lipinski definition) is 0. The van der Waals surface area contributed by atoms with E-state index in [1.807, 2.05) is 0 Å². The molecule has 2 saturated heterocycles. The van der Waals surface area contributed by atoms with Crippen LogP contribution in [-0.4, -0.2) is 18.0 Å². The summed E-state index contributed by atoms with van der Waals surface area (Å²) in [6.07, 6.45) is 6.53. The maximum absolute atomic E-state index is 6.03. The molecule has 0 unspecified atom stereocenters. The lowest BCUT2D eigenvalue weighted by molar-refractivity contribution is -0.316. The summed E-state index contributed by atoms with van der Waals surface area (Å²) in [4.78, 5) is 0. The van der Waals surface area contributed by atoms with Crippen molar-refractivity contribution in [2.45, 2.75) is 70.9 Å². The molecule has 0 amide bonds. The van der Waals surface area contributed by atoms with Gasteiger partial charge in [0, 0.05) is 12.8 Å². The fraction of sp³-hybridized carbons (Fsp3) is 1.00. The van der Waals surface area contributed by atoms with Gasteiger partial charge >= 0.3 is 0 Å². The summed E-state index contributed by atoms with van der Waals surface area (Å²) in [5.41, 5.74) is 0. The van der Waals surface area contributed by atoms with Gasteiger partial charge in [-0.15, -0.1) is 0 Å². The maximum atomic E-state index is 6.03. The molecule has 2 aliphatic rings. The number of hydrogen-bond acceptors (Lipinski definition) is 2. The molecule has 0 radical (unpaired) electrons. The zero-order valence-electron chi connectivity index (χ0n) is 9.58. The summed E-state index contributed by atoms with van der Waals surface area (Å²) in [5.74, 6) is 0.512. The minimum atomic E-state index is -0.227. The first kappa shape index (κ1) is 10.4. The Morgan fingerprint density at radius 2 is 1.79 bits per heavy atom. The van der Waals surface area contributed by atoms with Crippen molar-refractivity contribution in [2.75, 3.05) is 0 Å². The summed E-state index contributed by atoms with van der Waals surface area (Å²) in [7, 11) is 0. The predicted molar refractivity (Wildman–Crippen MR) is 56.1 cm³/mol. The van der Waals surface area contributed by atoms with E-state index in [9.17, 15) is 0 Å². The molecule has 82 valence electrons. The monoisotopic (exact) mass is 198 g/mol. The van der Waals surface area contributed by atoms with Crippen LogP contribution in [0.1, 0.15) is 52.9 Å². The second-order valence-electron chi connectivity index (χ2n) is 5.20. The third-order valence-electron chi connectivity index (χ3n) is 3.39. The Labute approximate surface area is 87.0 Å². The van der Waals surface area contributed by atoms with Gasteiger partial charge in [-0.3, -0.25) is 0 Å². The first-order chi connectivity index (χ1) is 6.60. The molecule has 1 spiro atoms. The summed E-state index contributed by atoms with van der Waals surface area (Å²) in [6, 6.07) is 0. The fourth-order valence-electron chi connectivity index (χ4n) is 3.02. The van der Waals surface area contributed by atoms with Crippen LogP contribution in [0, 0.1) is 5.92 Å². The Bertz CT molecular complexity index is 187. The van der Waals surface area contributed by atoms with Crippen LogP contribution in [0.15, 0.2) is 0 Å². The van der Waals surface area contributed by atoms with E-state index in [1.165, 1.54) is 19.3 Å². The molecule has 0 aromatic rings. The molecule has 2 fully saturated rings. The molecule has 2 rings (SSSR count). The van der Waals surface area contributed by atoms with Crippen molar-refractivity contribution in [3.05, 3.63) is 0 Å². The van der Waals surface area contributed by atoms with Crippen LogP contribution in [-0.2, 0) is 9.47 Å². The molecule has 2 aliphatic heterocycles. The molecule has 0 bridgehead atoms. The first-order valence-corrected chi connectivity index (χ1v) is 5.95. The van der Waals surface area contributed by atoms with Crippen LogP contribution in [0.2, 0.25) is 0 Å². The zero-order valence-corrected chi connectivity index (χ0v) is 9.58. The lowest BCUT2D eigenvalue weighted by Gasteiger charge is -2.46. The van der Waals surface area contributed by atoms with Gasteiger partial charge in [-0.1, -0.05) is 6.92 Å². The quantitative estimate of drug-likeness (QED) is 0.595. The molecule has 2 heteroatoms. The molecule has 0 aromatic carbocycles. The molecule has 2 nitrogen and oxygen atoms in total. The highest BCUT2D eigenvalue weighted by Gasteiger charge is 2.42. The Morgan fingerprint density at radius 1 is 1.07 bits per heavy atom. The average molecular weight is 198 g/mol. The topological polar surface area (TPSA) is 18.5 Å². The molecule has 4 atom stereocenters. The van der Waals surface area contributed by atoms with Gasteiger partial charge in [0.15, 0.2) is 5.79 Å². The van der Waals surface area contributed by atoms with Crippen LogP contribution >= 0.6 is 0 Å². The maximum Gasteiger partial charge on any atom is 0.169 e. The van der Waals surface area contributed by atoms with Gasteiger partial charge in [-0.05, 0) is 39.0 Å². The van der Waals surface area contributed by atoms with Crippen LogP contribution < -0.4 is 0 Å². The van der Waals surface area contributed by atoms with E-state index >= 15 is 0 Å². The van der Waals surface area contributed by atoms with Crippen molar-refractivity contribution < 1.29 is 9.47 Å². The largest absolute Gasteiger partial charge is 0.347 e. The van der Waals surface area contributed by atoms with Crippen molar-refractivity contribution in [2.24, 2.45) is 5.92 Å². The third kappa shape index (κ3) is 2.12. The summed E-state index contributed by atoms with van der Waals surface area (Å²) >= 11 is 0. The van der Waals surface area contributed by atoms with E-state index in [1.54, 1.807) is 0 Å². The summed E-state index contributed by atoms with van der Waals surface area (Å²) < 4.78 is 12.1. The minimum Gasteiger partial charge on any atom is -0.347 e. The molecule has 0 aliphatic carbocycles. The van der Waals surface area contributed by atoms with Gasteiger partial charge in [0.25, 0.3) is 0 Å². The van der Waals surface area contributed by atoms with E-state index in [2.05, 4.69) is 20.8 Å². The molecule has 2 heterocycles. The molecular weight excluding hydrogens is 176 g/mol. The van der Waals surface area contributed by atoms with Crippen LogP contribution in [0.25, 0.3) is 0 Å². The summed E-state index contributed by atoms with van der Waals surface area (Å²) in [6.45, 7) is 6.64. The van der Waals surface area contributed by atoms with E-state index < -0.39 is 0 Å².